The van der Waals surface area contributed by atoms with Crippen LogP contribution in [0.2, 0.25) is 10.3 Å². The quantitative estimate of drug-likeness (QED) is 0.544. The average molecular weight is 263 g/mol. The molecule has 17 heavy (non-hydrogen) atoms. The third kappa shape index (κ3) is 1.32. The predicted octanol–water partition coefficient (Wildman–Crippen LogP) is 4.50. The third-order valence-electron chi connectivity index (χ3n) is 4.30. The highest BCUT2D eigenvalue weighted by Gasteiger charge is 2.74. The summed E-state index contributed by atoms with van der Waals surface area (Å²) in [5.41, 5.74) is 0.212. The molecule has 0 spiro atoms. The lowest BCUT2D eigenvalue weighted by Gasteiger charge is -2.75. The molecule has 0 radical (unpaired) electrons. The molecule has 2 bridgehead atoms. The van der Waals surface area contributed by atoms with Gasteiger partial charge in [0, 0.05) is 0 Å². The van der Waals surface area contributed by atoms with Gasteiger partial charge in [-0.2, -0.15) is 0 Å². The van der Waals surface area contributed by atoms with E-state index in [0.29, 0.717) is 5.56 Å². The molecule has 92 valence electrons. The molecular weight excluding hydrogens is 254 g/mol. The summed E-state index contributed by atoms with van der Waals surface area (Å²) in [6.07, 6.45) is 0.347. The number of hydrogen-bond acceptors (Lipinski definition) is 0. The Labute approximate surface area is 101 Å². The molecule has 0 atom stereocenters. The Bertz CT molecular complexity index is 477. The van der Waals surface area contributed by atoms with Crippen LogP contribution in [0.3, 0.4) is 0 Å². The van der Waals surface area contributed by atoms with Gasteiger partial charge >= 0.3 is 6.98 Å². The van der Waals surface area contributed by atoms with Gasteiger partial charge in [0.1, 0.15) is 5.82 Å². The minimum Gasteiger partial charge on any atom is -0.449 e. The maximum Gasteiger partial charge on any atom is 0.484 e. The molecule has 0 nitrogen and oxygen atoms in total. The summed E-state index contributed by atoms with van der Waals surface area (Å²) in [5, 5.41) is -1.43. The maximum absolute atomic E-state index is 13.3. The van der Waals surface area contributed by atoms with Crippen LogP contribution in [-0.2, 0) is 5.41 Å². The van der Waals surface area contributed by atoms with E-state index < -0.39 is 23.5 Å². The van der Waals surface area contributed by atoms with Crippen LogP contribution in [0.4, 0.5) is 17.3 Å². The summed E-state index contributed by atoms with van der Waals surface area (Å²) in [6.45, 7) is -4.77. The molecule has 1 aromatic rings. The Morgan fingerprint density at radius 1 is 1.12 bits per heavy atom. The molecule has 0 unspecified atom stereocenters. The van der Waals surface area contributed by atoms with Crippen LogP contribution >= 0.6 is 11.6 Å². The molecule has 3 saturated carbocycles. The van der Waals surface area contributed by atoms with Crippen LogP contribution < -0.4 is 0 Å². The smallest absolute Gasteiger partial charge is 0.449 e. The number of benzene rings is 1. The van der Waals surface area contributed by atoms with Crippen molar-refractivity contribution in [2.45, 2.75) is 30.0 Å². The molecule has 0 amide bonds. The lowest BCUT2D eigenvalue weighted by atomic mass is 9.23. The summed E-state index contributed by atoms with van der Waals surface area (Å²) >= 11 is 5.55. The van der Waals surface area contributed by atoms with Gasteiger partial charge in [-0.3, -0.25) is 0 Å². The Kier molecular flexibility index (Phi) is 2.01. The second-order valence-corrected chi connectivity index (χ2v) is 5.78. The molecule has 3 aliphatic carbocycles. The highest BCUT2D eigenvalue weighted by atomic mass is 35.5. The monoisotopic (exact) mass is 263 g/mol. The van der Waals surface area contributed by atoms with Gasteiger partial charge in [0.2, 0.25) is 0 Å². The summed E-state index contributed by atoms with van der Waals surface area (Å²) in [4.78, 5) is 0. The van der Waals surface area contributed by atoms with Crippen LogP contribution in [0, 0.1) is 5.82 Å². The Balaban J connectivity index is 1.85. The largest absolute Gasteiger partial charge is 0.484 e. The van der Waals surface area contributed by atoms with Crippen molar-refractivity contribution in [3.05, 3.63) is 34.6 Å². The van der Waals surface area contributed by atoms with Crippen LogP contribution in [-0.4, -0.2) is 6.98 Å². The molecule has 0 heterocycles. The molecule has 0 aromatic heterocycles. The Hall–Kier alpha value is -0.705. The summed E-state index contributed by atoms with van der Waals surface area (Å²) < 4.78 is 51.4. The lowest BCUT2D eigenvalue weighted by Crippen LogP contribution is -2.67. The van der Waals surface area contributed by atoms with Gasteiger partial charge in [-0.1, -0.05) is 42.2 Å². The molecule has 3 fully saturated rings. The molecular formula is C11H9BClF4-. The van der Waals surface area contributed by atoms with Crippen LogP contribution in [0.1, 0.15) is 24.8 Å². The highest BCUT2D eigenvalue weighted by molar-refractivity contribution is 6.63. The zero-order valence-electron chi connectivity index (χ0n) is 8.82. The first-order chi connectivity index (χ1) is 7.78. The van der Waals surface area contributed by atoms with Crippen molar-refractivity contribution in [1.82, 2.24) is 0 Å². The second kappa shape index (κ2) is 3.00. The van der Waals surface area contributed by atoms with E-state index in [1.165, 1.54) is 12.1 Å². The van der Waals surface area contributed by atoms with Gasteiger partial charge in [-0.05, 0) is 23.1 Å². The van der Waals surface area contributed by atoms with Gasteiger partial charge in [0.25, 0.3) is 0 Å². The van der Waals surface area contributed by atoms with E-state index in [1.807, 2.05) is 0 Å². The van der Waals surface area contributed by atoms with E-state index in [9.17, 15) is 17.3 Å². The normalized spacial score (nSPS) is 35.1. The van der Waals surface area contributed by atoms with Crippen molar-refractivity contribution in [3.8, 4) is 0 Å². The number of halogens is 5. The number of hydrogen-bond donors (Lipinski definition) is 0. The fourth-order valence-corrected chi connectivity index (χ4v) is 3.46. The Morgan fingerprint density at radius 2 is 1.71 bits per heavy atom. The average Bonchev–Trinajstić information content (AvgIpc) is 2.03. The van der Waals surface area contributed by atoms with Crippen molar-refractivity contribution in [1.29, 1.82) is 0 Å². The molecule has 3 aliphatic rings. The first kappa shape index (κ1) is 11.4. The second-order valence-electron chi connectivity index (χ2n) is 5.38. The zero-order valence-corrected chi connectivity index (χ0v) is 9.58. The standard InChI is InChI=1S/C11H9BClF4/c13-8-2-1-7(3-9(8)14)10-4-11(5-10,6-10)12(15,16)17/h1-3H,4-6H2/q-1. The van der Waals surface area contributed by atoms with Crippen molar-refractivity contribution in [3.63, 3.8) is 0 Å². The van der Waals surface area contributed by atoms with E-state index in [4.69, 9.17) is 11.6 Å². The minimum absolute atomic E-state index is 0.00935. The molecule has 0 saturated heterocycles. The SMILES string of the molecule is Fc1cc(C23CC([B-](F)(F)F)(C2)C3)ccc1Cl. The third-order valence-corrected chi connectivity index (χ3v) is 4.60. The van der Waals surface area contributed by atoms with Crippen molar-refractivity contribution < 1.29 is 17.3 Å². The number of rotatable bonds is 2. The Morgan fingerprint density at radius 3 is 2.18 bits per heavy atom. The first-order valence-corrected chi connectivity index (χ1v) is 5.81. The van der Waals surface area contributed by atoms with Gasteiger partial charge in [-0.15, -0.1) is 0 Å². The summed E-state index contributed by atoms with van der Waals surface area (Å²) in [5.74, 6) is -0.555. The van der Waals surface area contributed by atoms with E-state index in [2.05, 4.69) is 0 Å². The van der Waals surface area contributed by atoms with Crippen LogP contribution in [0.15, 0.2) is 18.2 Å². The van der Waals surface area contributed by atoms with E-state index in [0.717, 1.165) is 0 Å². The molecule has 4 rings (SSSR count). The first-order valence-electron chi connectivity index (χ1n) is 5.43. The van der Waals surface area contributed by atoms with E-state index in [-0.39, 0.29) is 24.3 Å². The van der Waals surface area contributed by atoms with Crippen molar-refractivity contribution in [2.24, 2.45) is 0 Å². The van der Waals surface area contributed by atoms with Gasteiger partial charge < -0.3 is 12.9 Å². The molecule has 6 heteroatoms. The van der Waals surface area contributed by atoms with Crippen molar-refractivity contribution >= 4 is 18.6 Å². The molecule has 0 aliphatic heterocycles. The maximum atomic E-state index is 13.3. The highest BCUT2D eigenvalue weighted by Crippen LogP contribution is 2.82. The van der Waals surface area contributed by atoms with Gasteiger partial charge in [-0.25, -0.2) is 4.39 Å². The molecule has 0 N–H and O–H groups in total. The summed E-state index contributed by atoms with van der Waals surface area (Å²) in [7, 11) is 0. The zero-order chi connectivity index (χ0) is 12.5. The van der Waals surface area contributed by atoms with Crippen LogP contribution in [0.5, 0.6) is 0 Å². The van der Waals surface area contributed by atoms with E-state index in [1.54, 1.807) is 6.07 Å². The van der Waals surface area contributed by atoms with Gasteiger partial charge in [0.15, 0.2) is 0 Å². The molecule has 1 aromatic carbocycles. The lowest BCUT2D eigenvalue weighted by molar-refractivity contribution is -0.0402. The fourth-order valence-electron chi connectivity index (χ4n) is 3.35. The fraction of sp³-hybridized carbons (Fsp3) is 0.455. The topological polar surface area (TPSA) is 0 Å². The van der Waals surface area contributed by atoms with Crippen molar-refractivity contribution in [2.75, 3.05) is 0 Å². The van der Waals surface area contributed by atoms with E-state index >= 15 is 0 Å². The van der Waals surface area contributed by atoms with Gasteiger partial charge in [0.05, 0.1) is 5.02 Å². The van der Waals surface area contributed by atoms with Crippen LogP contribution in [0.25, 0.3) is 0 Å². The summed E-state index contributed by atoms with van der Waals surface area (Å²) in [6, 6.07) is 4.32. The predicted molar refractivity (Wildman–Crippen MR) is 58.7 cm³/mol. The minimum atomic E-state index is -4.77.